The number of carbonyl (C=O) groups is 1. The average molecular weight is 218 g/mol. The molecule has 2 nitrogen and oxygen atoms in total. The molecule has 1 aromatic rings. The first-order valence-corrected chi connectivity index (χ1v) is 5.98. The van der Waals surface area contributed by atoms with Gasteiger partial charge in [-0.2, -0.15) is 0 Å². The van der Waals surface area contributed by atoms with Crippen molar-refractivity contribution in [3.63, 3.8) is 0 Å². The molecule has 1 aliphatic carbocycles. The Labute approximate surface area is 96.6 Å². The zero-order valence-corrected chi connectivity index (χ0v) is 9.79. The predicted octanol–water partition coefficient (Wildman–Crippen LogP) is 2.71. The van der Waals surface area contributed by atoms with E-state index in [9.17, 15) is 4.79 Å². The third kappa shape index (κ3) is 2.11. The molecule has 1 aliphatic rings. The van der Waals surface area contributed by atoms with E-state index in [0.717, 1.165) is 24.9 Å². The summed E-state index contributed by atoms with van der Waals surface area (Å²) in [5.41, 5.74) is 4.15. The third-order valence-corrected chi connectivity index (χ3v) is 3.34. The van der Waals surface area contributed by atoms with E-state index in [1.165, 1.54) is 36.0 Å². The summed E-state index contributed by atoms with van der Waals surface area (Å²) in [7, 11) is 1.70. The maximum atomic E-state index is 10.5. The molecule has 0 radical (unpaired) electrons. The van der Waals surface area contributed by atoms with Crippen molar-refractivity contribution in [3.05, 3.63) is 28.8 Å². The lowest BCUT2D eigenvalue weighted by Gasteiger charge is -2.21. The molecule has 16 heavy (non-hydrogen) atoms. The fraction of sp³-hybridized carbons (Fsp3) is 0.500. The van der Waals surface area contributed by atoms with Gasteiger partial charge in [0.2, 0.25) is 0 Å². The van der Waals surface area contributed by atoms with Gasteiger partial charge in [-0.05, 0) is 54.9 Å². The van der Waals surface area contributed by atoms with E-state index in [1.54, 1.807) is 7.11 Å². The highest BCUT2D eigenvalue weighted by Crippen LogP contribution is 2.31. The fourth-order valence-corrected chi connectivity index (χ4v) is 2.55. The number of aryl methyl sites for hydroxylation is 1. The van der Waals surface area contributed by atoms with Crippen molar-refractivity contribution >= 4 is 6.29 Å². The van der Waals surface area contributed by atoms with Gasteiger partial charge in [0.25, 0.3) is 0 Å². The number of hydrogen-bond acceptors (Lipinski definition) is 2. The van der Waals surface area contributed by atoms with Crippen LogP contribution in [-0.4, -0.2) is 13.4 Å². The van der Waals surface area contributed by atoms with Crippen molar-refractivity contribution in [2.24, 2.45) is 0 Å². The van der Waals surface area contributed by atoms with Gasteiger partial charge in [-0.3, -0.25) is 0 Å². The van der Waals surface area contributed by atoms with Gasteiger partial charge >= 0.3 is 0 Å². The molecule has 0 fully saturated rings. The second kappa shape index (κ2) is 5.15. The lowest BCUT2D eigenvalue weighted by atomic mass is 9.86. The molecule has 0 amide bonds. The van der Waals surface area contributed by atoms with E-state index in [0.29, 0.717) is 6.42 Å². The normalized spacial score (nSPS) is 14.3. The summed E-state index contributed by atoms with van der Waals surface area (Å²) >= 11 is 0. The molecule has 0 heterocycles. The van der Waals surface area contributed by atoms with Gasteiger partial charge in [-0.25, -0.2) is 0 Å². The van der Waals surface area contributed by atoms with E-state index >= 15 is 0 Å². The fourth-order valence-electron chi connectivity index (χ4n) is 2.55. The molecule has 0 atom stereocenters. The average Bonchev–Trinajstić information content (AvgIpc) is 2.35. The zero-order chi connectivity index (χ0) is 11.4. The second-order valence-electron chi connectivity index (χ2n) is 4.30. The maximum Gasteiger partial charge on any atom is 0.122 e. The van der Waals surface area contributed by atoms with Gasteiger partial charge in [0.1, 0.15) is 12.0 Å². The van der Waals surface area contributed by atoms with Crippen LogP contribution in [0, 0.1) is 0 Å². The van der Waals surface area contributed by atoms with E-state index < -0.39 is 0 Å². The van der Waals surface area contributed by atoms with Crippen molar-refractivity contribution in [3.8, 4) is 5.75 Å². The predicted molar refractivity (Wildman–Crippen MR) is 64.0 cm³/mol. The van der Waals surface area contributed by atoms with Crippen LogP contribution in [0.1, 0.15) is 36.0 Å². The topological polar surface area (TPSA) is 26.3 Å². The SMILES string of the molecule is COc1ccc2c(c1CCC=O)CCCC2. The molecule has 0 bridgehead atoms. The van der Waals surface area contributed by atoms with Gasteiger partial charge in [-0.15, -0.1) is 0 Å². The number of hydrogen-bond donors (Lipinski definition) is 0. The number of carbonyl (C=O) groups excluding carboxylic acids is 1. The van der Waals surface area contributed by atoms with Gasteiger partial charge < -0.3 is 9.53 Å². The summed E-state index contributed by atoms with van der Waals surface area (Å²) < 4.78 is 5.39. The van der Waals surface area contributed by atoms with Crippen molar-refractivity contribution in [2.75, 3.05) is 7.11 Å². The Morgan fingerprint density at radius 2 is 2.12 bits per heavy atom. The van der Waals surface area contributed by atoms with Crippen LogP contribution < -0.4 is 4.74 Å². The minimum atomic E-state index is 0.590. The maximum absolute atomic E-state index is 10.5. The lowest BCUT2D eigenvalue weighted by molar-refractivity contribution is -0.107. The van der Waals surface area contributed by atoms with Gasteiger partial charge in [-0.1, -0.05) is 6.07 Å². The first kappa shape index (κ1) is 11.2. The molecule has 0 saturated heterocycles. The zero-order valence-electron chi connectivity index (χ0n) is 9.79. The van der Waals surface area contributed by atoms with Crippen molar-refractivity contribution in [1.82, 2.24) is 0 Å². The van der Waals surface area contributed by atoms with E-state index in [1.807, 2.05) is 6.07 Å². The molecular formula is C14H18O2. The van der Waals surface area contributed by atoms with Crippen molar-refractivity contribution < 1.29 is 9.53 Å². The van der Waals surface area contributed by atoms with E-state index in [-0.39, 0.29) is 0 Å². The summed E-state index contributed by atoms with van der Waals surface area (Å²) in [6.07, 6.45) is 7.25. The molecule has 0 aliphatic heterocycles. The number of ether oxygens (including phenoxy) is 1. The summed E-state index contributed by atoms with van der Waals surface area (Å²) in [5, 5.41) is 0. The molecule has 0 spiro atoms. The number of rotatable bonds is 4. The first-order valence-electron chi connectivity index (χ1n) is 5.98. The highest BCUT2D eigenvalue weighted by atomic mass is 16.5. The standard InChI is InChI=1S/C14H18O2/c1-16-14-9-8-11-5-2-3-6-12(11)13(14)7-4-10-15/h8-10H,2-7H2,1H3. The largest absolute Gasteiger partial charge is 0.496 e. The number of fused-ring (bicyclic) bond motifs is 1. The summed E-state index contributed by atoms with van der Waals surface area (Å²) in [4.78, 5) is 10.5. The van der Waals surface area contributed by atoms with Crippen LogP contribution in [0.3, 0.4) is 0 Å². The van der Waals surface area contributed by atoms with Gasteiger partial charge in [0, 0.05) is 6.42 Å². The Morgan fingerprint density at radius 1 is 1.31 bits per heavy atom. The van der Waals surface area contributed by atoms with Crippen LogP contribution in [0.2, 0.25) is 0 Å². The van der Waals surface area contributed by atoms with Crippen molar-refractivity contribution in [1.29, 1.82) is 0 Å². The number of benzene rings is 1. The number of aldehydes is 1. The van der Waals surface area contributed by atoms with Crippen molar-refractivity contribution in [2.45, 2.75) is 38.5 Å². The Balaban J connectivity index is 2.38. The molecule has 1 aromatic carbocycles. The highest BCUT2D eigenvalue weighted by Gasteiger charge is 2.16. The molecule has 2 rings (SSSR count). The first-order chi connectivity index (χ1) is 7.86. The highest BCUT2D eigenvalue weighted by molar-refractivity contribution is 5.53. The molecular weight excluding hydrogens is 200 g/mol. The Morgan fingerprint density at radius 3 is 2.88 bits per heavy atom. The number of methoxy groups -OCH3 is 1. The molecule has 2 heteroatoms. The molecule has 0 saturated carbocycles. The minimum absolute atomic E-state index is 0.590. The summed E-state index contributed by atoms with van der Waals surface area (Å²) in [5.74, 6) is 0.947. The minimum Gasteiger partial charge on any atom is -0.496 e. The Hall–Kier alpha value is -1.31. The quantitative estimate of drug-likeness (QED) is 0.726. The van der Waals surface area contributed by atoms with Crippen LogP contribution in [0.5, 0.6) is 5.75 Å². The lowest BCUT2D eigenvalue weighted by Crippen LogP contribution is -2.08. The van der Waals surface area contributed by atoms with Gasteiger partial charge in [0.15, 0.2) is 0 Å². The van der Waals surface area contributed by atoms with Gasteiger partial charge in [0.05, 0.1) is 7.11 Å². The Kier molecular flexibility index (Phi) is 3.60. The van der Waals surface area contributed by atoms with Crippen LogP contribution in [0.4, 0.5) is 0 Å². The monoisotopic (exact) mass is 218 g/mol. The molecule has 0 aromatic heterocycles. The molecule has 0 N–H and O–H groups in total. The van der Waals surface area contributed by atoms with E-state index in [2.05, 4.69) is 6.07 Å². The Bertz CT molecular complexity index is 383. The summed E-state index contributed by atoms with van der Waals surface area (Å²) in [6, 6.07) is 4.22. The third-order valence-electron chi connectivity index (χ3n) is 3.34. The molecule has 0 unspecified atom stereocenters. The smallest absolute Gasteiger partial charge is 0.122 e. The van der Waals surface area contributed by atoms with Crippen LogP contribution in [0.25, 0.3) is 0 Å². The second-order valence-corrected chi connectivity index (χ2v) is 4.30. The van der Waals surface area contributed by atoms with Crippen LogP contribution in [-0.2, 0) is 24.1 Å². The summed E-state index contributed by atoms with van der Waals surface area (Å²) in [6.45, 7) is 0. The van der Waals surface area contributed by atoms with Crippen LogP contribution >= 0.6 is 0 Å². The van der Waals surface area contributed by atoms with Crippen LogP contribution in [0.15, 0.2) is 12.1 Å². The molecule has 86 valence electrons. The van der Waals surface area contributed by atoms with E-state index in [4.69, 9.17) is 4.74 Å².